The van der Waals surface area contributed by atoms with Crippen molar-refractivity contribution in [3.05, 3.63) is 24.8 Å². The van der Waals surface area contributed by atoms with Crippen LogP contribution in [0.4, 0.5) is 5.82 Å². The van der Waals surface area contributed by atoms with Crippen LogP contribution in [0.25, 0.3) is 11.5 Å². The van der Waals surface area contributed by atoms with E-state index in [1.807, 2.05) is 19.3 Å². The van der Waals surface area contributed by atoms with E-state index in [0.29, 0.717) is 0 Å². The highest BCUT2D eigenvalue weighted by molar-refractivity contribution is 5.54. The standard InChI is InChI=1S/C11H15N5/c1-3-5-16-6-4-13-11(16)9-7-10(12-2)15-8-14-9/h4,6-8H,3,5H2,1-2H3,(H,12,14,15). The molecule has 0 aliphatic carbocycles. The molecule has 5 heteroatoms. The number of hydrogen-bond donors (Lipinski definition) is 1. The van der Waals surface area contributed by atoms with Gasteiger partial charge in [-0.05, 0) is 6.42 Å². The lowest BCUT2D eigenvalue weighted by atomic mass is 10.3. The molecule has 16 heavy (non-hydrogen) atoms. The number of hydrogen-bond acceptors (Lipinski definition) is 4. The Morgan fingerprint density at radius 1 is 1.31 bits per heavy atom. The molecule has 2 heterocycles. The Bertz CT molecular complexity index is 463. The lowest BCUT2D eigenvalue weighted by molar-refractivity contribution is 0.684. The van der Waals surface area contributed by atoms with Crippen molar-refractivity contribution in [1.82, 2.24) is 19.5 Å². The highest BCUT2D eigenvalue weighted by Crippen LogP contribution is 2.16. The summed E-state index contributed by atoms with van der Waals surface area (Å²) in [7, 11) is 1.84. The Balaban J connectivity index is 2.37. The third kappa shape index (κ3) is 2.03. The molecule has 0 atom stereocenters. The van der Waals surface area contributed by atoms with Gasteiger partial charge in [-0.1, -0.05) is 6.92 Å². The van der Waals surface area contributed by atoms with Crippen LogP contribution >= 0.6 is 0 Å². The normalized spacial score (nSPS) is 10.4. The second-order valence-electron chi connectivity index (χ2n) is 3.48. The fraction of sp³-hybridized carbons (Fsp3) is 0.364. The molecular weight excluding hydrogens is 202 g/mol. The Kier molecular flexibility index (Phi) is 3.14. The molecule has 0 fully saturated rings. The van der Waals surface area contributed by atoms with E-state index >= 15 is 0 Å². The number of nitrogens with zero attached hydrogens (tertiary/aromatic N) is 4. The Labute approximate surface area is 94.6 Å². The Morgan fingerprint density at radius 3 is 2.94 bits per heavy atom. The minimum atomic E-state index is 0.802. The maximum atomic E-state index is 4.33. The molecule has 0 aromatic carbocycles. The zero-order valence-corrected chi connectivity index (χ0v) is 9.51. The van der Waals surface area contributed by atoms with Gasteiger partial charge in [0.25, 0.3) is 0 Å². The summed E-state index contributed by atoms with van der Waals surface area (Å²) in [6, 6.07) is 1.90. The van der Waals surface area contributed by atoms with Gasteiger partial charge in [-0.3, -0.25) is 0 Å². The summed E-state index contributed by atoms with van der Waals surface area (Å²) in [6.07, 6.45) is 6.39. The highest BCUT2D eigenvalue weighted by Gasteiger charge is 2.07. The van der Waals surface area contributed by atoms with Gasteiger partial charge in [0, 0.05) is 32.1 Å². The van der Waals surface area contributed by atoms with Crippen LogP contribution in [-0.4, -0.2) is 26.6 Å². The largest absolute Gasteiger partial charge is 0.373 e. The van der Waals surface area contributed by atoms with Crippen LogP contribution in [0, 0.1) is 0 Å². The number of imidazole rings is 1. The molecule has 2 aromatic heterocycles. The molecule has 2 rings (SSSR count). The van der Waals surface area contributed by atoms with Crippen molar-refractivity contribution in [3.8, 4) is 11.5 Å². The zero-order chi connectivity index (χ0) is 11.4. The van der Waals surface area contributed by atoms with Gasteiger partial charge >= 0.3 is 0 Å². The molecule has 0 saturated heterocycles. The van der Waals surface area contributed by atoms with Gasteiger partial charge in [-0.2, -0.15) is 0 Å². The smallest absolute Gasteiger partial charge is 0.158 e. The van der Waals surface area contributed by atoms with E-state index in [1.165, 1.54) is 0 Å². The van der Waals surface area contributed by atoms with Crippen molar-refractivity contribution in [1.29, 1.82) is 0 Å². The maximum Gasteiger partial charge on any atom is 0.158 e. The predicted molar refractivity (Wildman–Crippen MR) is 63.1 cm³/mol. The third-order valence-electron chi connectivity index (χ3n) is 2.33. The van der Waals surface area contributed by atoms with Gasteiger partial charge in [0.2, 0.25) is 0 Å². The van der Waals surface area contributed by atoms with Crippen LogP contribution in [0.15, 0.2) is 24.8 Å². The molecule has 0 saturated carbocycles. The van der Waals surface area contributed by atoms with E-state index < -0.39 is 0 Å². The fourth-order valence-electron chi connectivity index (χ4n) is 1.58. The number of aromatic nitrogens is 4. The summed E-state index contributed by atoms with van der Waals surface area (Å²) in [4.78, 5) is 12.6. The van der Waals surface area contributed by atoms with Gasteiger partial charge in [0.05, 0.1) is 0 Å². The summed E-state index contributed by atoms with van der Waals surface area (Å²) in [5.74, 6) is 1.69. The monoisotopic (exact) mass is 217 g/mol. The summed E-state index contributed by atoms with van der Waals surface area (Å²) < 4.78 is 2.10. The van der Waals surface area contributed by atoms with E-state index in [9.17, 15) is 0 Å². The fourth-order valence-corrected chi connectivity index (χ4v) is 1.58. The van der Waals surface area contributed by atoms with Crippen molar-refractivity contribution in [3.63, 3.8) is 0 Å². The molecule has 84 valence electrons. The Morgan fingerprint density at radius 2 is 2.19 bits per heavy atom. The van der Waals surface area contributed by atoms with Crippen LogP contribution in [0.1, 0.15) is 13.3 Å². The molecule has 0 aliphatic rings. The predicted octanol–water partition coefficient (Wildman–Crippen LogP) is 1.79. The van der Waals surface area contributed by atoms with Crippen molar-refractivity contribution in [2.24, 2.45) is 0 Å². The molecule has 0 bridgehead atoms. The molecule has 5 nitrogen and oxygen atoms in total. The average Bonchev–Trinajstić information content (AvgIpc) is 2.78. The van der Waals surface area contributed by atoms with Gasteiger partial charge in [-0.25, -0.2) is 15.0 Å². The summed E-state index contributed by atoms with van der Waals surface area (Å²) in [5, 5.41) is 2.99. The molecule has 1 N–H and O–H groups in total. The van der Waals surface area contributed by atoms with Crippen LogP contribution in [0.3, 0.4) is 0 Å². The van der Waals surface area contributed by atoms with Crippen molar-refractivity contribution in [2.45, 2.75) is 19.9 Å². The third-order valence-corrected chi connectivity index (χ3v) is 2.33. The lowest BCUT2D eigenvalue weighted by Gasteiger charge is -2.06. The zero-order valence-electron chi connectivity index (χ0n) is 9.51. The van der Waals surface area contributed by atoms with E-state index in [4.69, 9.17) is 0 Å². The number of anilines is 1. The van der Waals surface area contributed by atoms with Crippen molar-refractivity contribution in [2.75, 3.05) is 12.4 Å². The average molecular weight is 217 g/mol. The first-order valence-electron chi connectivity index (χ1n) is 5.36. The molecule has 0 spiro atoms. The van der Waals surface area contributed by atoms with Crippen LogP contribution < -0.4 is 5.32 Å². The van der Waals surface area contributed by atoms with Gasteiger partial charge < -0.3 is 9.88 Å². The first-order chi connectivity index (χ1) is 7.85. The second-order valence-corrected chi connectivity index (χ2v) is 3.48. The molecular formula is C11H15N5. The van der Waals surface area contributed by atoms with Crippen LogP contribution in [0.5, 0.6) is 0 Å². The number of aryl methyl sites for hydroxylation is 1. The van der Waals surface area contributed by atoms with E-state index in [1.54, 1.807) is 12.5 Å². The number of nitrogens with one attached hydrogen (secondary N) is 1. The molecule has 2 aromatic rings. The van der Waals surface area contributed by atoms with Crippen molar-refractivity contribution >= 4 is 5.82 Å². The minimum Gasteiger partial charge on any atom is -0.373 e. The first-order valence-corrected chi connectivity index (χ1v) is 5.36. The van der Waals surface area contributed by atoms with E-state index in [-0.39, 0.29) is 0 Å². The maximum absolute atomic E-state index is 4.33. The SMILES string of the molecule is CCCn1ccnc1-c1cc(NC)ncn1. The van der Waals surface area contributed by atoms with Crippen molar-refractivity contribution < 1.29 is 0 Å². The first kappa shape index (κ1) is 10.6. The Hall–Kier alpha value is -1.91. The molecule has 0 unspecified atom stereocenters. The quantitative estimate of drug-likeness (QED) is 0.848. The topological polar surface area (TPSA) is 55.6 Å². The lowest BCUT2D eigenvalue weighted by Crippen LogP contribution is -2.01. The summed E-state index contributed by atoms with van der Waals surface area (Å²) >= 11 is 0. The molecule has 0 radical (unpaired) electrons. The van der Waals surface area contributed by atoms with Gasteiger partial charge in [-0.15, -0.1) is 0 Å². The highest BCUT2D eigenvalue weighted by atomic mass is 15.1. The van der Waals surface area contributed by atoms with Gasteiger partial charge in [0.1, 0.15) is 17.8 Å². The van der Waals surface area contributed by atoms with Crippen LogP contribution in [-0.2, 0) is 6.54 Å². The number of rotatable bonds is 4. The summed E-state index contributed by atoms with van der Waals surface area (Å²) in [5.41, 5.74) is 0.845. The molecule has 0 aliphatic heterocycles. The summed E-state index contributed by atoms with van der Waals surface area (Å²) in [6.45, 7) is 3.09. The van der Waals surface area contributed by atoms with Gasteiger partial charge in [0.15, 0.2) is 5.82 Å². The second kappa shape index (κ2) is 4.74. The van der Waals surface area contributed by atoms with E-state index in [0.717, 1.165) is 30.3 Å². The molecule has 0 amide bonds. The minimum absolute atomic E-state index is 0.802. The van der Waals surface area contributed by atoms with E-state index in [2.05, 4.69) is 31.8 Å². The van der Waals surface area contributed by atoms with Crippen LogP contribution in [0.2, 0.25) is 0 Å².